The quantitative estimate of drug-likeness (QED) is 0.108. The van der Waals surface area contributed by atoms with Crippen LogP contribution in [0.1, 0.15) is 77.1 Å². The van der Waals surface area contributed by atoms with Crippen LogP contribution in [-0.2, 0) is 19.1 Å². The Morgan fingerprint density at radius 2 is 1.05 bits per heavy atom. The highest BCUT2D eigenvalue weighted by molar-refractivity contribution is 6.06. The molecule has 2 aliphatic heterocycles. The van der Waals surface area contributed by atoms with Crippen LogP contribution >= 0.6 is 0 Å². The molecule has 4 amide bonds. The molecule has 60 heavy (non-hydrogen) atoms. The van der Waals surface area contributed by atoms with Crippen molar-refractivity contribution in [3.63, 3.8) is 0 Å². The van der Waals surface area contributed by atoms with E-state index in [0.717, 1.165) is 92.4 Å². The lowest BCUT2D eigenvalue weighted by Crippen LogP contribution is -2.51. The van der Waals surface area contributed by atoms with E-state index >= 15 is 0 Å². The summed E-state index contributed by atoms with van der Waals surface area (Å²) in [5, 5.41) is 7.64. The molecule has 4 N–H and O–H groups in total. The molecule has 4 aromatic carbocycles. The van der Waals surface area contributed by atoms with Crippen LogP contribution in [0.3, 0.4) is 0 Å². The lowest BCUT2D eigenvalue weighted by atomic mass is 9.92. The number of likely N-dealkylation sites (tertiary alicyclic amines) is 2. The summed E-state index contributed by atoms with van der Waals surface area (Å²) in [7, 11) is 2.59. The van der Waals surface area contributed by atoms with Crippen LogP contribution in [0.5, 0.6) is 0 Å². The van der Waals surface area contributed by atoms with E-state index in [1.54, 1.807) is 0 Å². The molecule has 14 nitrogen and oxygen atoms in total. The third-order valence-electron chi connectivity index (χ3n) is 12.0. The Morgan fingerprint density at radius 1 is 0.633 bits per heavy atom. The highest BCUT2D eigenvalue weighted by Crippen LogP contribution is 2.39. The van der Waals surface area contributed by atoms with Crippen molar-refractivity contribution in [2.24, 2.45) is 11.8 Å². The minimum absolute atomic E-state index is 0.118. The number of rotatable bonds is 10. The van der Waals surface area contributed by atoms with Gasteiger partial charge in [-0.15, -0.1) is 0 Å². The zero-order valence-corrected chi connectivity index (χ0v) is 34.9. The van der Waals surface area contributed by atoms with E-state index in [4.69, 9.17) is 19.4 Å². The van der Waals surface area contributed by atoms with Gasteiger partial charge in [-0.05, 0) is 94.8 Å². The third-order valence-corrected chi connectivity index (χ3v) is 12.0. The largest absolute Gasteiger partial charge is 0.453 e. The van der Waals surface area contributed by atoms with E-state index in [9.17, 15) is 19.2 Å². The number of alkyl carbamates (subject to hydrolysis) is 2. The first kappa shape index (κ1) is 40.3. The summed E-state index contributed by atoms with van der Waals surface area (Å²) in [4.78, 5) is 72.2. The summed E-state index contributed by atoms with van der Waals surface area (Å²) < 4.78 is 9.59. The number of methoxy groups -OCH3 is 2. The van der Waals surface area contributed by atoms with E-state index in [2.05, 4.69) is 81.3 Å². The number of carbonyl (C=O) groups excluding carboxylic acids is 4. The molecular weight excluding hydrogens is 761 g/mol. The summed E-state index contributed by atoms with van der Waals surface area (Å²) in [6.07, 6.45) is 1.96. The Bertz CT molecular complexity index is 2420. The van der Waals surface area contributed by atoms with Crippen molar-refractivity contribution in [2.75, 3.05) is 27.3 Å². The van der Waals surface area contributed by atoms with Crippen molar-refractivity contribution in [1.29, 1.82) is 0 Å². The highest BCUT2D eigenvalue weighted by atomic mass is 16.5. The predicted octanol–water partition coefficient (Wildman–Crippen LogP) is 8.01. The first-order chi connectivity index (χ1) is 28.9. The number of benzene rings is 4. The number of nitrogens with one attached hydrogen (secondary N) is 4. The maximum Gasteiger partial charge on any atom is 0.407 e. The zero-order chi connectivity index (χ0) is 42.2. The maximum atomic E-state index is 13.7. The monoisotopic (exact) mass is 812 g/mol. The third kappa shape index (κ3) is 7.62. The number of amides is 4. The molecule has 0 bridgehead atoms. The number of fused-ring (bicyclic) bond motifs is 3. The van der Waals surface area contributed by atoms with Crippen molar-refractivity contribution in [1.82, 2.24) is 40.4 Å². The summed E-state index contributed by atoms with van der Waals surface area (Å²) in [5.74, 6) is 0.941. The Balaban J connectivity index is 1.06. The molecule has 0 aliphatic carbocycles. The van der Waals surface area contributed by atoms with Crippen LogP contribution in [0.25, 0.3) is 55.1 Å². The van der Waals surface area contributed by atoms with E-state index in [0.29, 0.717) is 13.1 Å². The number of carbonyl (C=O) groups is 4. The summed E-state index contributed by atoms with van der Waals surface area (Å²) in [5.41, 5.74) is 7.62. The molecule has 2 fully saturated rings. The lowest BCUT2D eigenvalue weighted by molar-refractivity contribution is -0.136. The normalized spacial score (nSPS) is 17.8. The highest BCUT2D eigenvalue weighted by Gasteiger charge is 2.39. The number of H-pyrrole nitrogens is 2. The van der Waals surface area contributed by atoms with Gasteiger partial charge in [0.2, 0.25) is 11.8 Å². The minimum atomic E-state index is -0.703. The Hall–Kier alpha value is -6.44. The van der Waals surface area contributed by atoms with Crippen molar-refractivity contribution in [3.05, 3.63) is 84.4 Å². The fraction of sp³-hybridized carbons (Fsp3) is 0.391. The molecule has 4 atom stereocenters. The Morgan fingerprint density at radius 3 is 1.43 bits per heavy atom. The molecule has 312 valence electrons. The van der Waals surface area contributed by atoms with E-state index in [1.807, 2.05) is 49.6 Å². The minimum Gasteiger partial charge on any atom is -0.453 e. The van der Waals surface area contributed by atoms with Crippen molar-refractivity contribution < 1.29 is 28.7 Å². The number of hydrogen-bond donors (Lipinski definition) is 4. The second-order valence-electron chi connectivity index (χ2n) is 16.5. The van der Waals surface area contributed by atoms with Gasteiger partial charge in [-0.1, -0.05) is 76.2 Å². The smallest absolute Gasteiger partial charge is 0.407 e. The molecule has 0 spiro atoms. The van der Waals surface area contributed by atoms with Crippen LogP contribution in [0.15, 0.2) is 72.8 Å². The SMILES string of the molecule is COC(=O)N[C@H](C(=O)N1CCC[C@H]1c1nc2ccc(-c3ccc(-c4ccc5nc([C@@H]6CCCN6C(=O)[C@@H](NC(=O)OC)C(C)C)[nH]c5c4)c4ccccc34)cc2[nH]1)C(C)C. The van der Waals surface area contributed by atoms with Gasteiger partial charge in [-0.25, -0.2) is 19.6 Å². The molecular formula is C46H52N8O6. The van der Waals surface area contributed by atoms with Gasteiger partial charge in [-0.3, -0.25) is 9.59 Å². The molecule has 0 saturated carbocycles. The van der Waals surface area contributed by atoms with Gasteiger partial charge in [0.25, 0.3) is 0 Å². The molecule has 4 heterocycles. The predicted molar refractivity (Wildman–Crippen MR) is 230 cm³/mol. The number of hydrogen-bond acceptors (Lipinski definition) is 8. The fourth-order valence-corrected chi connectivity index (χ4v) is 8.90. The Kier molecular flexibility index (Phi) is 11.2. The molecule has 0 radical (unpaired) electrons. The summed E-state index contributed by atoms with van der Waals surface area (Å²) in [6.45, 7) is 8.80. The second-order valence-corrected chi connectivity index (χ2v) is 16.5. The van der Waals surface area contributed by atoms with Gasteiger partial charge in [-0.2, -0.15) is 0 Å². The van der Waals surface area contributed by atoms with Crippen molar-refractivity contribution in [2.45, 2.75) is 77.5 Å². The zero-order valence-electron chi connectivity index (χ0n) is 34.9. The van der Waals surface area contributed by atoms with Crippen molar-refractivity contribution in [3.8, 4) is 22.3 Å². The fourth-order valence-electron chi connectivity index (χ4n) is 8.90. The van der Waals surface area contributed by atoms with E-state index < -0.39 is 24.3 Å². The number of aromatic nitrogens is 4. The van der Waals surface area contributed by atoms with Crippen LogP contribution in [0, 0.1) is 11.8 Å². The molecule has 14 heteroatoms. The van der Waals surface area contributed by atoms with Crippen LogP contribution < -0.4 is 10.6 Å². The molecule has 2 aromatic heterocycles. The van der Waals surface area contributed by atoms with E-state index in [1.165, 1.54) is 14.2 Å². The number of ether oxygens (including phenoxy) is 2. The number of nitrogens with zero attached hydrogens (tertiary/aromatic N) is 4. The molecule has 6 aromatic rings. The van der Waals surface area contributed by atoms with Gasteiger partial charge in [0.15, 0.2) is 0 Å². The van der Waals surface area contributed by atoms with Crippen LogP contribution in [-0.4, -0.2) is 93.1 Å². The molecule has 2 aliphatic rings. The van der Waals surface area contributed by atoms with Gasteiger partial charge >= 0.3 is 12.2 Å². The standard InChI is InChI=1S/C46H52N8O6/c1-25(2)39(51-45(57)59-5)43(55)53-21-9-13-37(53)41-47-33-19-15-27(23-35(33)49-41)29-17-18-30(32-12-8-7-11-31(29)32)28-16-20-34-36(24-28)50-42(48-34)38-14-10-22-54(38)44(56)40(26(3)4)52-46(58)60-6/h7-8,11-12,15-20,23-26,37-40H,9-10,13-14,21-22H2,1-6H3,(H,47,49)(H,48,50)(H,51,57)(H,52,58)/t37-,38-,39-,40-/m0/s1. The average Bonchev–Trinajstić information content (AvgIpc) is 4.08. The average molecular weight is 813 g/mol. The lowest BCUT2D eigenvalue weighted by Gasteiger charge is -2.29. The van der Waals surface area contributed by atoms with Gasteiger partial charge < -0.3 is 39.9 Å². The summed E-state index contributed by atoms with van der Waals surface area (Å²) >= 11 is 0. The van der Waals surface area contributed by atoms with E-state index in [-0.39, 0.29) is 35.7 Å². The first-order valence-electron chi connectivity index (χ1n) is 20.8. The Labute approximate surface area is 348 Å². The molecule has 2 saturated heterocycles. The number of aromatic amines is 2. The maximum absolute atomic E-state index is 13.7. The molecule has 8 rings (SSSR count). The van der Waals surface area contributed by atoms with Crippen LogP contribution in [0.2, 0.25) is 0 Å². The first-order valence-corrected chi connectivity index (χ1v) is 20.8. The van der Waals surface area contributed by atoms with Crippen LogP contribution in [0.4, 0.5) is 9.59 Å². The number of imidazole rings is 2. The van der Waals surface area contributed by atoms with Crippen molar-refractivity contribution >= 4 is 56.8 Å². The second kappa shape index (κ2) is 16.7. The molecule has 0 unspecified atom stereocenters. The van der Waals surface area contributed by atoms with Gasteiger partial charge in [0.05, 0.1) is 48.4 Å². The van der Waals surface area contributed by atoms with Gasteiger partial charge in [0, 0.05) is 13.1 Å². The summed E-state index contributed by atoms with van der Waals surface area (Å²) in [6, 6.07) is 23.3. The van der Waals surface area contributed by atoms with Gasteiger partial charge in [0.1, 0.15) is 23.7 Å². The topological polar surface area (TPSA) is 175 Å².